The topological polar surface area (TPSA) is 21.3 Å². The highest BCUT2D eigenvalue weighted by molar-refractivity contribution is 5.40. The van der Waals surface area contributed by atoms with Crippen LogP contribution in [0, 0.1) is 5.41 Å². The normalized spacial score (nSPS) is 21.4. The Morgan fingerprint density at radius 3 is 2.53 bits per heavy atom. The summed E-state index contributed by atoms with van der Waals surface area (Å²) in [6.45, 7) is 6.75. The molecule has 0 bridgehead atoms. The summed E-state index contributed by atoms with van der Waals surface area (Å²) in [7, 11) is 3.88. The molecule has 1 aliphatic rings. The number of methoxy groups -OCH3 is 1. The predicted octanol–water partition coefficient (Wildman–Crippen LogP) is 3.37. The number of benzene rings is 1. The van der Waals surface area contributed by atoms with E-state index in [-0.39, 0.29) is 11.5 Å². The van der Waals surface area contributed by atoms with Gasteiger partial charge >= 0.3 is 0 Å². The summed E-state index contributed by atoms with van der Waals surface area (Å²) in [5.74, 6) is 0.689. The summed E-state index contributed by atoms with van der Waals surface area (Å²) in [6, 6.07) is 9.21. The molecule has 0 amide bonds. The molecule has 3 unspecified atom stereocenters. The van der Waals surface area contributed by atoms with Crippen molar-refractivity contribution in [3.8, 4) is 0 Å². The first kappa shape index (κ1) is 14.5. The molecule has 2 heteroatoms. The Morgan fingerprint density at radius 1 is 1.32 bits per heavy atom. The highest BCUT2D eigenvalue weighted by atomic mass is 16.5. The minimum atomic E-state index is 0.158. The highest BCUT2D eigenvalue weighted by Crippen LogP contribution is 2.39. The zero-order valence-electron chi connectivity index (χ0n) is 12.9. The minimum Gasteiger partial charge on any atom is -0.379 e. The van der Waals surface area contributed by atoms with Crippen molar-refractivity contribution in [1.82, 2.24) is 5.32 Å². The maximum Gasteiger partial charge on any atom is 0.0772 e. The van der Waals surface area contributed by atoms with Gasteiger partial charge in [0.25, 0.3) is 0 Å². The first-order valence-corrected chi connectivity index (χ1v) is 7.25. The number of rotatable bonds is 5. The lowest BCUT2D eigenvalue weighted by Gasteiger charge is -2.40. The molecule has 1 N–H and O–H groups in total. The second-order valence-corrected chi connectivity index (χ2v) is 6.75. The molecule has 0 spiro atoms. The molecular weight excluding hydrogens is 234 g/mol. The minimum absolute atomic E-state index is 0.158. The monoisotopic (exact) mass is 261 g/mol. The van der Waals surface area contributed by atoms with Gasteiger partial charge < -0.3 is 10.1 Å². The molecule has 0 fully saturated rings. The van der Waals surface area contributed by atoms with E-state index >= 15 is 0 Å². The van der Waals surface area contributed by atoms with Gasteiger partial charge in [0.05, 0.1) is 6.10 Å². The van der Waals surface area contributed by atoms with Gasteiger partial charge in [-0.25, -0.2) is 0 Å². The zero-order chi connectivity index (χ0) is 14.0. The second kappa shape index (κ2) is 5.64. The van der Waals surface area contributed by atoms with Crippen molar-refractivity contribution < 1.29 is 4.74 Å². The van der Waals surface area contributed by atoms with Crippen LogP contribution in [0.4, 0.5) is 0 Å². The van der Waals surface area contributed by atoms with Gasteiger partial charge in [-0.1, -0.05) is 45.0 Å². The smallest absolute Gasteiger partial charge is 0.0772 e. The van der Waals surface area contributed by atoms with Crippen molar-refractivity contribution in [1.29, 1.82) is 0 Å². The Bertz CT molecular complexity index is 422. The summed E-state index contributed by atoms with van der Waals surface area (Å²) < 4.78 is 5.76. The number of hydrogen-bond acceptors (Lipinski definition) is 2. The lowest BCUT2D eigenvalue weighted by molar-refractivity contribution is -0.0134. The van der Waals surface area contributed by atoms with Crippen molar-refractivity contribution in [3.05, 3.63) is 35.4 Å². The van der Waals surface area contributed by atoms with Gasteiger partial charge in [0.15, 0.2) is 0 Å². The van der Waals surface area contributed by atoms with E-state index in [4.69, 9.17) is 4.74 Å². The molecule has 1 aromatic carbocycles. The Balaban J connectivity index is 2.05. The van der Waals surface area contributed by atoms with Crippen LogP contribution in [-0.2, 0) is 11.2 Å². The second-order valence-electron chi connectivity index (χ2n) is 6.75. The third-order valence-corrected chi connectivity index (χ3v) is 4.34. The average molecular weight is 261 g/mol. The van der Waals surface area contributed by atoms with Crippen LogP contribution in [0.3, 0.4) is 0 Å². The average Bonchev–Trinajstić information content (AvgIpc) is 2.33. The predicted molar refractivity (Wildman–Crippen MR) is 80.6 cm³/mol. The molecule has 0 heterocycles. The van der Waals surface area contributed by atoms with Gasteiger partial charge in [-0.05, 0) is 42.3 Å². The van der Waals surface area contributed by atoms with Gasteiger partial charge in [-0.15, -0.1) is 0 Å². The lowest BCUT2D eigenvalue weighted by atomic mass is 9.72. The van der Waals surface area contributed by atoms with E-state index < -0.39 is 0 Å². The number of likely N-dealkylation sites (N-methyl/N-ethyl adjacent to an activating group) is 1. The molecule has 3 atom stereocenters. The zero-order valence-corrected chi connectivity index (χ0v) is 12.9. The molecule has 0 aromatic heterocycles. The van der Waals surface area contributed by atoms with Crippen LogP contribution in [-0.4, -0.2) is 26.3 Å². The van der Waals surface area contributed by atoms with E-state index in [9.17, 15) is 0 Å². The highest BCUT2D eigenvalue weighted by Gasteiger charge is 2.35. The van der Waals surface area contributed by atoms with E-state index in [1.807, 2.05) is 14.2 Å². The molecule has 0 aliphatic heterocycles. The van der Waals surface area contributed by atoms with Crippen LogP contribution < -0.4 is 5.32 Å². The number of nitrogens with one attached hydrogen (secondary N) is 1. The van der Waals surface area contributed by atoms with Gasteiger partial charge in [-0.2, -0.15) is 0 Å². The molecule has 0 saturated heterocycles. The Labute approximate surface area is 117 Å². The third kappa shape index (κ3) is 3.01. The fourth-order valence-corrected chi connectivity index (χ4v) is 3.39. The molecule has 106 valence electrons. The van der Waals surface area contributed by atoms with Gasteiger partial charge in [0.2, 0.25) is 0 Å². The maximum atomic E-state index is 5.76. The Hall–Kier alpha value is -0.860. The van der Waals surface area contributed by atoms with Gasteiger partial charge in [0, 0.05) is 13.2 Å². The van der Waals surface area contributed by atoms with Crippen LogP contribution in [0.2, 0.25) is 0 Å². The molecule has 2 rings (SSSR count). The Kier molecular flexibility index (Phi) is 4.32. The van der Waals surface area contributed by atoms with Crippen molar-refractivity contribution in [3.63, 3.8) is 0 Å². The summed E-state index contributed by atoms with van der Waals surface area (Å²) >= 11 is 0. The van der Waals surface area contributed by atoms with Gasteiger partial charge in [0.1, 0.15) is 0 Å². The SMILES string of the molecule is CNC(CC1Cc2ccccc21)C(OC)C(C)(C)C. The molecule has 1 aromatic rings. The van der Waals surface area contributed by atoms with Crippen LogP contribution in [0.15, 0.2) is 24.3 Å². The van der Waals surface area contributed by atoms with Crippen LogP contribution in [0.25, 0.3) is 0 Å². The molecule has 2 nitrogen and oxygen atoms in total. The van der Waals surface area contributed by atoms with E-state index in [1.54, 1.807) is 0 Å². The summed E-state index contributed by atoms with van der Waals surface area (Å²) in [5.41, 5.74) is 3.21. The molecule has 0 radical (unpaired) electrons. The summed E-state index contributed by atoms with van der Waals surface area (Å²) in [5, 5.41) is 3.46. The van der Waals surface area contributed by atoms with E-state index in [2.05, 4.69) is 50.4 Å². The fraction of sp³-hybridized carbons (Fsp3) is 0.647. The van der Waals surface area contributed by atoms with Crippen molar-refractivity contribution in [2.45, 2.75) is 51.7 Å². The maximum absolute atomic E-state index is 5.76. The first-order chi connectivity index (χ1) is 8.97. The van der Waals surface area contributed by atoms with Crippen LogP contribution >= 0.6 is 0 Å². The fourth-order valence-electron chi connectivity index (χ4n) is 3.39. The van der Waals surface area contributed by atoms with E-state index in [0.29, 0.717) is 12.0 Å². The lowest BCUT2D eigenvalue weighted by Crippen LogP contribution is -2.47. The van der Waals surface area contributed by atoms with E-state index in [1.165, 1.54) is 17.5 Å². The molecule has 1 aliphatic carbocycles. The molecule has 0 saturated carbocycles. The van der Waals surface area contributed by atoms with Crippen LogP contribution in [0.5, 0.6) is 0 Å². The third-order valence-electron chi connectivity index (χ3n) is 4.34. The standard InChI is InChI=1S/C17H27NO/c1-17(2,3)16(19-5)15(18-4)11-13-10-12-8-6-7-9-14(12)13/h6-9,13,15-16,18H,10-11H2,1-5H3. The number of fused-ring (bicyclic) bond motifs is 1. The summed E-state index contributed by atoms with van der Waals surface area (Å²) in [6.07, 6.45) is 2.61. The quantitative estimate of drug-likeness (QED) is 0.877. The summed E-state index contributed by atoms with van der Waals surface area (Å²) in [4.78, 5) is 0. The molecule has 19 heavy (non-hydrogen) atoms. The molecular formula is C17H27NO. The van der Waals surface area contributed by atoms with Crippen LogP contribution in [0.1, 0.15) is 44.2 Å². The number of ether oxygens (including phenoxy) is 1. The largest absolute Gasteiger partial charge is 0.379 e. The van der Waals surface area contributed by atoms with Crippen molar-refractivity contribution >= 4 is 0 Å². The van der Waals surface area contributed by atoms with Crippen molar-refractivity contribution in [2.24, 2.45) is 5.41 Å². The van der Waals surface area contributed by atoms with Gasteiger partial charge in [-0.3, -0.25) is 0 Å². The van der Waals surface area contributed by atoms with Crippen molar-refractivity contribution in [2.75, 3.05) is 14.2 Å². The Morgan fingerprint density at radius 2 is 2.00 bits per heavy atom. The first-order valence-electron chi connectivity index (χ1n) is 7.25. The van der Waals surface area contributed by atoms with E-state index in [0.717, 1.165) is 6.42 Å². The number of hydrogen-bond donors (Lipinski definition) is 1.